The van der Waals surface area contributed by atoms with Crippen molar-refractivity contribution in [2.75, 3.05) is 0 Å². The van der Waals surface area contributed by atoms with Crippen LogP contribution in [0.1, 0.15) is 32.9 Å². The number of aromatic carboxylic acids is 1. The van der Waals surface area contributed by atoms with E-state index >= 15 is 0 Å². The highest BCUT2D eigenvalue weighted by molar-refractivity contribution is 6.30. The zero-order valence-corrected chi connectivity index (χ0v) is 12.3. The van der Waals surface area contributed by atoms with Gasteiger partial charge in [-0.05, 0) is 43.2 Å². The van der Waals surface area contributed by atoms with E-state index in [2.05, 4.69) is 11.1 Å². The minimum atomic E-state index is -0.984. The minimum Gasteiger partial charge on any atom is -0.478 e. The highest BCUT2D eigenvalue weighted by Gasteiger charge is 2.16. The number of rotatable bonds is 3. The van der Waals surface area contributed by atoms with Crippen molar-refractivity contribution in [2.24, 2.45) is 0 Å². The molecule has 1 heterocycles. The van der Waals surface area contributed by atoms with Crippen LogP contribution in [-0.2, 0) is 0 Å². The van der Waals surface area contributed by atoms with Gasteiger partial charge < -0.3 is 10.1 Å². The van der Waals surface area contributed by atoms with Gasteiger partial charge in [-0.15, -0.1) is 0 Å². The summed E-state index contributed by atoms with van der Waals surface area (Å²) in [6, 6.07) is 9.08. The Kier molecular flexibility index (Phi) is 4.15. The molecule has 2 rings (SSSR count). The molecular formula is C16H13ClN2O2. The number of carboxylic acids is 1. The van der Waals surface area contributed by atoms with E-state index in [4.69, 9.17) is 11.6 Å². The summed E-state index contributed by atoms with van der Waals surface area (Å²) in [5, 5.41) is 19.0. The van der Waals surface area contributed by atoms with Crippen molar-refractivity contribution in [2.45, 2.75) is 13.8 Å². The van der Waals surface area contributed by atoms with Crippen molar-refractivity contribution in [3.63, 3.8) is 0 Å². The van der Waals surface area contributed by atoms with E-state index in [0.717, 1.165) is 0 Å². The Hall–Kier alpha value is -2.51. The van der Waals surface area contributed by atoms with Gasteiger partial charge in [0.1, 0.15) is 0 Å². The third kappa shape index (κ3) is 2.99. The maximum Gasteiger partial charge on any atom is 0.337 e. The molecule has 0 aliphatic carbocycles. The largest absolute Gasteiger partial charge is 0.478 e. The molecule has 0 aliphatic heterocycles. The lowest BCUT2D eigenvalue weighted by molar-refractivity contribution is 0.0695. The van der Waals surface area contributed by atoms with E-state index in [-0.39, 0.29) is 5.56 Å². The summed E-state index contributed by atoms with van der Waals surface area (Å²) < 4.78 is 0. The summed E-state index contributed by atoms with van der Waals surface area (Å²) in [6.07, 6.45) is 1.64. The average molecular weight is 301 g/mol. The monoisotopic (exact) mass is 300 g/mol. The zero-order chi connectivity index (χ0) is 15.6. The maximum absolute atomic E-state index is 11.2. The first-order valence-corrected chi connectivity index (χ1v) is 6.62. The number of hydrogen-bond donors (Lipinski definition) is 2. The summed E-state index contributed by atoms with van der Waals surface area (Å²) in [5.74, 6) is -0.984. The van der Waals surface area contributed by atoms with Crippen molar-refractivity contribution in [3.8, 4) is 6.07 Å². The Balaban J connectivity index is 2.54. The quantitative estimate of drug-likeness (QED) is 0.840. The van der Waals surface area contributed by atoms with Gasteiger partial charge in [0, 0.05) is 16.4 Å². The summed E-state index contributed by atoms with van der Waals surface area (Å²) in [7, 11) is 0. The summed E-state index contributed by atoms with van der Waals surface area (Å²) in [4.78, 5) is 14.2. The van der Waals surface area contributed by atoms with E-state index in [1.165, 1.54) is 0 Å². The number of nitriles is 1. The molecule has 0 saturated carbocycles. The molecule has 0 radical (unpaired) electrons. The normalized spacial score (nSPS) is 11.2. The SMILES string of the molecule is Cc1[nH]c(/C=C(\C#N)c2cccc(Cl)c2)c(C)c1C(=O)O. The van der Waals surface area contributed by atoms with Crippen LogP contribution in [0.5, 0.6) is 0 Å². The Morgan fingerprint density at radius 3 is 2.67 bits per heavy atom. The number of aryl methyl sites for hydroxylation is 1. The number of allylic oxidation sites excluding steroid dienone is 1. The number of carboxylic acid groups (broad SMARTS) is 1. The van der Waals surface area contributed by atoms with Crippen LogP contribution in [-0.4, -0.2) is 16.1 Å². The maximum atomic E-state index is 11.2. The van der Waals surface area contributed by atoms with Crippen LogP contribution in [0, 0.1) is 25.2 Å². The van der Waals surface area contributed by atoms with Gasteiger partial charge >= 0.3 is 5.97 Å². The van der Waals surface area contributed by atoms with E-state index in [1.807, 2.05) is 0 Å². The lowest BCUT2D eigenvalue weighted by Gasteiger charge is -2.00. The molecule has 21 heavy (non-hydrogen) atoms. The topological polar surface area (TPSA) is 76.9 Å². The molecule has 106 valence electrons. The second kappa shape index (κ2) is 5.86. The third-order valence-electron chi connectivity index (χ3n) is 3.23. The van der Waals surface area contributed by atoms with Crippen LogP contribution in [0.4, 0.5) is 0 Å². The molecule has 0 saturated heterocycles. The fraction of sp³-hybridized carbons (Fsp3) is 0.125. The number of nitrogens with one attached hydrogen (secondary N) is 1. The Labute approximate surface area is 127 Å². The van der Waals surface area contributed by atoms with Gasteiger partial charge in [0.15, 0.2) is 0 Å². The van der Waals surface area contributed by atoms with Crippen molar-refractivity contribution in [1.29, 1.82) is 5.26 Å². The van der Waals surface area contributed by atoms with Crippen LogP contribution in [0.2, 0.25) is 5.02 Å². The van der Waals surface area contributed by atoms with Gasteiger partial charge in [-0.25, -0.2) is 4.79 Å². The summed E-state index contributed by atoms with van der Waals surface area (Å²) >= 11 is 5.93. The van der Waals surface area contributed by atoms with E-state index in [9.17, 15) is 15.2 Å². The summed E-state index contributed by atoms with van der Waals surface area (Å²) in [5.41, 5.74) is 3.13. The molecule has 2 aromatic rings. The van der Waals surface area contributed by atoms with Crippen molar-refractivity contribution >= 4 is 29.2 Å². The molecule has 0 bridgehead atoms. The molecule has 0 unspecified atom stereocenters. The molecule has 0 amide bonds. The van der Waals surface area contributed by atoms with E-state index in [0.29, 0.717) is 33.1 Å². The second-order valence-corrected chi connectivity index (χ2v) is 5.09. The number of carbonyl (C=O) groups is 1. The Morgan fingerprint density at radius 2 is 2.14 bits per heavy atom. The smallest absolute Gasteiger partial charge is 0.337 e. The number of aromatic nitrogens is 1. The molecule has 0 aliphatic rings. The van der Waals surface area contributed by atoms with Crippen molar-refractivity contribution in [3.05, 3.63) is 57.4 Å². The molecule has 4 nitrogen and oxygen atoms in total. The van der Waals surface area contributed by atoms with Crippen molar-refractivity contribution in [1.82, 2.24) is 4.98 Å². The Morgan fingerprint density at radius 1 is 1.43 bits per heavy atom. The van der Waals surface area contributed by atoms with Crippen LogP contribution in [0.25, 0.3) is 11.6 Å². The molecule has 0 atom stereocenters. The number of H-pyrrole nitrogens is 1. The van der Waals surface area contributed by atoms with Crippen LogP contribution in [0.15, 0.2) is 24.3 Å². The van der Waals surface area contributed by atoms with Gasteiger partial charge in [-0.1, -0.05) is 23.7 Å². The van der Waals surface area contributed by atoms with Gasteiger partial charge in [0.05, 0.1) is 17.2 Å². The average Bonchev–Trinajstić information content (AvgIpc) is 2.70. The molecule has 5 heteroatoms. The molecule has 0 spiro atoms. The number of benzene rings is 1. The van der Waals surface area contributed by atoms with Gasteiger partial charge in [0.25, 0.3) is 0 Å². The third-order valence-corrected chi connectivity index (χ3v) is 3.47. The second-order valence-electron chi connectivity index (χ2n) is 4.65. The van der Waals surface area contributed by atoms with Gasteiger partial charge in [0.2, 0.25) is 0 Å². The molecule has 0 fully saturated rings. The first kappa shape index (κ1) is 14.9. The standard InChI is InChI=1S/C16H13ClN2O2/c1-9-14(19-10(2)15(9)16(20)21)7-12(8-18)11-4-3-5-13(17)6-11/h3-7,19H,1-2H3,(H,20,21)/b12-7+. The first-order valence-electron chi connectivity index (χ1n) is 6.24. The fourth-order valence-electron chi connectivity index (χ4n) is 2.22. The molecule has 1 aromatic carbocycles. The Bertz CT molecular complexity index is 782. The van der Waals surface area contributed by atoms with Crippen LogP contribution < -0.4 is 0 Å². The van der Waals surface area contributed by atoms with Crippen LogP contribution >= 0.6 is 11.6 Å². The number of hydrogen-bond acceptors (Lipinski definition) is 2. The first-order chi connectivity index (χ1) is 9.93. The van der Waals surface area contributed by atoms with E-state index in [1.54, 1.807) is 44.2 Å². The predicted molar refractivity (Wildman–Crippen MR) is 82.2 cm³/mol. The number of aromatic amines is 1. The minimum absolute atomic E-state index is 0.240. The van der Waals surface area contributed by atoms with Crippen LogP contribution in [0.3, 0.4) is 0 Å². The highest BCUT2D eigenvalue weighted by atomic mass is 35.5. The predicted octanol–water partition coefficient (Wildman–Crippen LogP) is 4.05. The fourth-order valence-corrected chi connectivity index (χ4v) is 2.41. The lowest BCUT2D eigenvalue weighted by atomic mass is 10.0. The van der Waals surface area contributed by atoms with Gasteiger partial charge in [-0.2, -0.15) is 5.26 Å². The van der Waals surface area contributed by atoms with Crippen molar-refractivity contribution < 1.29 is 9.90 Å². The molecular weight excluding hydrogens is 288 g/mol. The highest BCUT2D eigenvalue weighted by Crippen LogP contribution is 2.24. The number of nitrogens with zero attached hydrogens (tertiary/aromatic N) is 1. The van der Waals surface area contributed by atoms with Gasteiger partial charge in [-0.3, -0.25) is 0 Å². The zero-order valence-electron chi connectivity index (χ0n) is 11.6. The summed E-state index contributed by atoms with van der Waals surface area (Å²) in [6.45, 7) is 3.41. The lowest BCUT2D eigenvalue weighted by Crippen LogP contribution is -1.98. The van der Waals surface area contributed by atoms with E-state index < -0.39 is 5.97 Å². The molecule has 2 N–H and O–H groups in total. The number of halogens is 1. The molecule has 1 aromatic heterocycles.